The quantitative estimate of drug-likeness (QED) is 0.212. The van der Waals surface area contributed by atoms with Crippen molar-refractivity contribution in [3.63, 3.8) is 0 Å². The minimum atomic E-state index is -0.654. The van der Waals surface area contributed by atoms with Crippen molar-refractivity contribution in [1.29, 1.82) is 0 Å². The number of carbonyl (C=O) groups is 2. The number of thioether (sulfide) groups is 1. The standard InChI is InChI=1S/C20H17N3O6S2/c1-29-16-5-3-2-4-12(16)10-17-19(26)22(20(30)31-17)9-8-18(25)21-14-7-6-13(23(27)28)11-15(14)24/h2-7,10-11,24H,8-9H2,1H3,(H,21,25)/b17-10-. The van der Waals surface area contributed by atoms with Gasteiger partial charge in [-0.25, -0.2) is 0 Å². The average Bonchev–Trinajstić information content (AvgIpc) is 3.00. The summed E-state index contributed by atoms with van der Waals surface area (Å²) in [4.78, 5) is 36.8. The van der Waals surface area contributed by atoms with Crippen LogP contribution in [0.2, 0.25) is 0 Å². The number of hydrogen-bond donors (Lipinski definition) is 2. The summed E-state index contributed by atoms with van der Waals surface area (Å²) in [5.41, 5.74) is 0.476. The second kappa shape index (κ2) is 9.58. The number of nitro groups is 1. The summed E-state index contributed by atoms with van der Waals surface area (Å²) in [5.74, 6) is -0.596. The molecule has 160 valence electrons. The van der Waals surface area contributed by atoms with Crippen LogP contribution >= 0.6 is 24.0 Å². The molecule has 0 spiro atoms. The van der Waals surface area contributed by atoms with Gasteiger partial charge in [0.2, 0.25) is 5.91 Å². The molecule has 1 saturated heterocycles. The highest BCUT2D eigenvalue weighted by atomic mass is 32.2. The minimum Gasteiger partial charge on any atom is -0.506 e. The number of hydrogen-bond acceptors (Lipinski definition) is 8. The molecule has 1 heterocycles. The van der Waals surface area contributed by atoms with Gasteiger partial charge in [-0.05, 0) is 18.2 Å². The normalized spacial score (nSPS) is 14.7. The molecule has 1 aliphatic heterocycles. The second-order valence-corrected chi connectivity index (χ2v) is 8.01. The van der Waals surface area contributed by atoms with Crippen molar-refractivity contribution in [3.8, 4) is 11.5 Å². The van der Waals surface area contributed by atoms with Gasteiger partial charge in [0.15, 0.2) is 0 Å². The summed E-state index contributed by atoms with van der Waals surface area (Å²) in [6.07, 6.45) is 1.61. The van der Waals surface area contributed by atoms with Gasteiger partial charge in [-0.15, -0.1) is 0 Å². The molecule has 2 aromatic rings. The van der Waals surface area contributed by atoms with Gasteiger partial charge in [-0.3, -0.25) is 24.6 Å². The van der Waals surface area contributed by atoms with Crippen LogP contribution in [-0.2, 0) is 9.59 Å². The van der Waals surface area contributed by atoms with Crippen LogP contribution in [0.1, 0.15) is 12.0 Å². The lowest BCUT2D eigenvalue weighted by molar-refractivity contribution is -0.384. The van der Waals surface area contributed by atoms with Gasteiger partial charge in [0, 0.05) is 24.6 Å². The Balaban J connectivity index is 1.63. The Morgan fingerprint density at radius 2 is 2.10 bits per heavy atom. The smallest absolute Gasteiger partial charge is 0.273 e. The number of ether oxygens (including phenoxy) is 1. The predicted molar refractivity (Wildman–Crippen MR) is 121 cm³/mol. The number of amides is 2. The molecule has 0 aromatic heterocycles. The molecule has 0 aliphatic carbocycles. The number of methoxy groups -OCH3 is 1. The summed E-state index contributed by atoms with van der Waals surface area (Å²) < 4.78 is 5.62. The number of benzene rings is 2. The van der Waals surface area contributed by atoms with Crippen molar-refractivity contribution in [2.75, 3.05) is 19.0 Å². The van der Waals surface area contributed by atoms with Gasteiger partial charge in [0.25, 0.3) is 11.6 Å². The molecule has 31 heavy (non-hydrogen) atoms. The number of phenols is 1. The molecular formula is C20H17N3O6S2. The molecule has 1 aliphatic rings. The molecule has 0 saturated carbocycles. The molecular weight excluding hydrogens is 442 g/mol. The molecule has 0 atom stereocenters. The second-order valence-electron chi connectivity index (χ2n) is 6.33. The van der Waals surface area contributed by atoms with Crippen molar-refractivity contribution >= 4 is 57.6 Å². The van der Waals surface area contributed by atoms with Crippen LogP contribution in [0.5, 0.6) is 11.5 Å². The van der Waals surface area contributed by atoms with E-state index in [1.807, 2.05) is 18.2 Å². The Morgan fingerprint density at radius 3 is 2.77 bits per heavy atom. The Morgan fingerprint density at radius 1 is 1.35 bits per heavy atom. The zero-order valence-electron chi connectivity index (χ0n) is 16.2. The van der Waals surface area contributed by atoms with Crippen LogP contribution in [-0.4, -0.2) is 44.7 Å². The lowest BCUT2D eigenvalue weighted by Gasteiger charge is -2.14. The third-order valence-electron chi connectivity index (χ3n) is 4.33. The molecule has 2 N–H and O–H groups in total. The third kappa shape index (κ3) is 5.19. The summed E-state index contributed by atoms with van der Waals surface area (Å²) >= 11 is 6.41. The van der Waals surface area contributed by atoms with E-state index in [1.165, 1.54) is 17.0 Å². The summed E-state index contributed by atoms with van der Waals surface area (Å²) in [7, 11) is 1.54. The first-order valence-electron chi connectivity index (χ1n) is 8.96. The number of rotatable bonds is 7. The fraction of sp³-hybridized carbons (Fsp3) is 0.150. The van der Waals surface area contributed by atoms with E-state index in [0.29, 0.717) is 15.0 Å². The highest BCUT2D eigenvalue weighted by Gasteiger charge is 2.32. The number of nitrogens with zero attached hydrogens (tertiary/aromatic N) is 2. The van der Waals surface area contributed by atoms with Gasteiger partial charge >= 0.3 is 0 Å². The molecule has 2 amide bonds. The lowest BCUT2D eigenvalue weighted by atomic mass is 10.2. The Labute approximate surface area is 186 Å². The minimum absolute atomic E-state index is 0.0389. The lowest BCUT2D eigenvalue weighted by Crippen LogP contribution is -2.31. The van der Waals surface area contributed by atoms with Gasteiger partial charge in [-0.2, -0.15) is 0 Å². The van der Waals surface area contributed by atoms with E-state index < -0.39 is 16.6 Å². The van der Waals surface area contributed by atoms with Crippen molar-refractivity contribution in [2.24, 2.45) is 0 Å². The largest absolute Gasteiger partial charge is 0.506 e. The molecule has 1 fully saturated rings. The van der Waals surface area contributed by atoms with E-state index in [2.05, 4.69) is 5.32 Å². The molecule has 9 nitrogen and oxygen atoms in total. The molecule has 0 bridgehead atoms. The first kappa shape index (κ1) is 22.2. The number of phenolic OH excluding ortho intramolecular Hbond substituents is 1. The Bertz CT molecular complexity index is 1100. The van der Waals surface area contributed by atoms with E-state index >= 15 is 0 Å². The van der Waals surface area contributed by atoms with E-state index in [-0.39, 0.29) is 30.2 Å². The number of nitro benzene ring substituents is 1. The van der Waals surface area contributed by atoms with E-state index in [1.54, 1.807) is 19.3 Å². The van der Waals surface area contributed by atoms with Crippen molar-refractivity contribution in [1.82, 2.24) is 4.90 Å². The van der Waals surface area contributed by atoms with Crippen LogP contribution in [0.15, 0.2) is 47.4 Å². The number of aromatic hydroxyl groups is 1. The number of carbonyl (C=O) groups excluding carboxylic acids is 2. The van der Waals surface area contributed by atoms with E-state index in [4.69, 9.17) is 17.0 Å². The zero-order chi connectivity index (χ0) is 22.5. The first-order valence-corrected chi connectivity index (χ1v) is 10.2. The van der Waals surface area contributed by atoms with E-state index in [0.717, 1.165) is 23.4 Å². The molecule has 0 unspecified atom stereocenters. The Hall–Kier alpha value is -3.44. The van der Waals surface area contributed by atoms with Crippen LogP contribution in [0.3, 0.4) is 0 Å². The predicted octanol–water partition coefficient (Wildman–Crippen LogP) is 3.54. The van der Waals surface area contributed by atoms with Gasteiger partial charge in [0.05, 0.1) is 28.7 Å². The van der Waals surface area contributed by atoms with E-state index in [9.17, 15) is 24.8 Å². The van der Waals surface area contributed by atoms with Crippen LogP contribution in [0.4, 0.5) is 11.4 Å². The van der Waals surface area contributed by atoms with Gasteiger partial charge in [-0.1, -0.05) is 42.2 Å². The maximum atomic E-state index is 12.7. The highest BCUT2D eigenvalue weighted by molar-refractivity contribution is 8.26. The first-order chi connectivity index (χ1) is 14.8. The van der Waals surface area contributed by atoms with Crippen LogP contribution < -0.4 is 10.1 Å². The Kier molecular flexibility index (Phi) is 6.88. The monoisotopic (exact) mass is 459 g/mol. The number of para-hydroxylation sites is 1. The maximum absolute atomic E-state index is 12.7. The number of anilines is 1. The molecule has 0 radical (unpaired) electrons. The third-order valence-corrected chi connectivity index (χ3v) is 5.71. The topological polar surface area (TPSA) is 122 Å². The number of thiocarbonyl (C=S) groups is 1. The van der Waals surface area contributed by atoms with Crippen LogP contribution in [0, 0.1) is 10.1 Å². The number of nitrogens with one attached hydrogen (secondary N) is 1. The van der Waals surface area contributed by atoms with Gasteiger partial charge in [0.1, 0.15) is 15.8 Å². The fourth-order valence-electron chi connectivity index (χ4n) is 2.79. The summed E-state index contributed by atoms with van der Waals surface area (Å²) in [6.45, 7) is 0.0491. The number of non-ortho nitro benzene ring substituents is 1. The van der Waals surface area contributed by atoms with Crippen molar-refractivity contribution in [3.05, 3.63) is 63.0 Å². The molecule has 11 heteroatoms. The molecule has 3 rings (SSSR count). The van der Waals surface area contributed by atoms with Gasteiger partial charge < -0.3 is 15.2 Å². The fourth-order valence-corrected chi connectivity index (χ4v) is 4.08. The zero-order valence-corrected chi connectivity index (χ0v) is 17.9. The SMILES string of the molecule is COc1ccccc1/C=C1\SC(=S)N(CCC(=O)Nc2ccc([N+](=O)[O-])cc2O)C1=O. The van der Waals surface area contributed by atoms with Crippen molar-refractivity contribution < 1.29 is 24.4 Å². The summed E-state index contributed by atoms with van der Waals surface area (Å²) in [6, 6.07) is 10.6. The average molecular weight is 460 g/mol. The van der Waals surface area contributed by atoms with Crippen molar-refractivity contribution in [2.45, 2.75) is 6.42 Å². The molecule has 2 aromatic carbocycles. The highest BCUT2D eigenvalue weighted by Crippen LogP contribution is 2.34. The summed E-state index contributed by atoms with van der Waals surface area (Å²) in [5, 5.41) is 23.0. The maximum Gasteiger partial charge on any atom is 0.273 e. The van der Waals surface area contributed by atoms with Crippen LogP contribution in [0.25, 0.3) is 6.08 Å².